The lowest BCUT2D eigenvalue weighted by molar-refractivity contribution is 0.528. The summed E-state index contributed by atoms with van der Waals surface area (Å²) < 4.78 is 4.95. The highest BCUT2D eigenvalue weighted by molar-refractivity contribution is 9.11. The van der Waals surface area contributed by atoms with Crippen LogP contribution in [0.25, 0.3) is 0 Å². The van der Waals surface area contributed by atoms with E-state index in [4.69, 9.17) is 5.84 Å². The molecule has 1 aromatic heterocycles. The van der Waals surface area contributed by atoms with Crippen LogP contribution in [0.5, 0.6) is 0 Å². The van der Waals surface area contributed by atoms with Crippen molar-refractivity contribution in [2.24, 2.45) is 12.9 Å². The van der Waals surface area contributed by atoms with E-state index in [0.29, 0.717) is 0 Å². The van der Waals surface area contributed by atoms with E-state index in [1.54, 1.807) is 0 Å². The molecule has 2 rings (SSSR count). The number of hydrogen-bond donors (Lipinski definition) is 2. The average molecular weight is 467 g/mol. The Kier molecular flexibility index (Phi) is 5.42. The molecule has 0 radical (unpaired) electrons. The Labute approximate surface area is 143 Å². The molecule has 0 fully saturated rings. The first-order chi connectivity index (χ1) is 9.42. The van der Waals surface area contributed by atoms with E-state index in [2.05, 4.69) is 70.4 Å². The highest BCUT2D eigenvalue weighted by Crippen LogP contribution is 2.29. The molecule has 0 bridgehead atoms. The van der Waals surface area contributed by atoms with Crippen LogP contribution < -0.4 is 11.3 Å². The minimum absolute atomic E-state index is 0.00917. The number of rotatable bonds is 4. The van der Waals surface area contributed by atoms with Crippen molar-refractivity contribution < 1.29 is 0 Å². The maximum absolute atomic E-state index is 5.73. The third-order valence-corrected chi connectivity index (χ3v) is 5.09. The maximum Gasteiger partial charge on any atom is 0.0738 e. The lowest BCUT2D eigenvalue weighted by Crippen LogP contribution is -2.30. The van der Waals surface area contributed by atoms with Crippen molar-refractivity contribution in [3.63, 3.8) is 0 Å². The van der Waals surface area contributed by atoms with E-state index in [1.165, 1.54) is 0 Å². The van der Waals surface area contributed by atoms with Crippen molar-refractivity contribution in [2.45, 2.75) is 19.4 Å². The van der Waals surface area contributed by atoms with Crippen LogP contribution in [0.3, 0.4) is 0 Å². The number of hydrazine groups is 1. The standard InChI is InChI=1S/C13H15Br3N4/c1-7-13(16)12(20(2)19-7)6-11(18-17)8-3-9(14)5-10(15)4-8/h3-5,11,18H,6,17H2,1-2H3. The lowest BCUT2D eigenvalue weighted by Gasteiger charge is -2.17. The van der Waals surface area contributed by atoms with Crippen LogP contribution in [-0.2, 0) is 13.5 Å². The molecule has 20 heavy (non-hydrogen) atoms. The van der Waals surface area contributed by atoms with Gasteiger partial charge < -0.3 is 0 Å². The van der Waals surface area contributed by atoms with Crippen LogP contribution >= 0.6 is 47.8 Å². The zero-order chi connectivity index (χ0) is 14.9. The van der Waals surface area contributed by atoms with Crippen LogP contribution in [0.1, 0.15) is 23.0 Å². The molecular weight excluding hydrogens is 452 g/mol. The second-order valence-electron chi connectivity index (χ2n) is 4.60. The largest absolute Gasteiger partial charge is 0.271 e. The topological polar surface area (TPSA) is 55.9 Å². The summed E-state index contributed by atoms with van der Waals surface area (Å²) in [6.45, 7) is 1.98. The number of halogens is 3. The highest BCUT2D eigenvalue weighted by Gasteiger charge is 2.18. The van der Waals surface area contributed by atoms with Crippen molar-refractivity contribution in [3.05, 3.63) is 48.6 Å². The number of aryl methyl sites for hydroxylation is 2. The van der Waals surface area contributed by atoms with E-state index < -0.39 is 0 Å². The smallest absolute Gasteiger partial charge is 0.0738 e. The molecule has 2 aromatic rings. The molecule has 1 atom stereocenters. The van der Waals surface area contributed by atoms with Gasteiger partial charge in [-0.25, -0.2) is 0 Å². The number of benzene rings is 1. The maximum atomic E-state index is 5.73. The molecule has 0 saturated carbocycles. The van der Waals surface area contributed by atoms with Gasteiger partial charge in [-0.1, -0.05) is 31.9 Å². The Morgan fingerprint density at radius 2 is 1.85 bits per heavy atom. The molecule has 1 unspecified atom stereocenters. The van der Waals surface area contributed by atoms with Crippen LogP contribution in [0.15, 0.2) is 31.6 Å². The van der Waals surface area contributed by atoms with Crippen LogP contribution in [0, 0.1) is 6.92 Å². The Morgan fingerprint density at radius 1 is 1.25 bits per heavy atom. The van der Waals surface area contributed by atoms with Gasteiger partial charge in [0.15, 0.2) is 0 Å². The summed E-state index contributed by atoms with van der Waals surface area (Å²) in [5.41, 5.74) is 6.08. The second-order valence-corrected chi connectivity index (χ2v) is 7.22. The number of nitrogens with two attached hydrogens (primary N) is 1. The molecule has 0 aliphatic rings. The summed E-state index contributed by atoms with van der Waals surface area (Å²) in [6, 6.07) is 6.13. The molecular formula is C13H15Br3N4. The number of hydrogen-bond acceptors (Lipinski definition) is 3. The SMILES string of the molecule is Cc1nn(C)c(CC(NN)c2cc(Br)cc(Br)c2)c1Br. The van der Waals surface area contributed by atoms with E-state index in [1.807, 2.05) is 24.7 Å². The molecule has 1 aromatic carbocycles. The summed E-state index contributed by atoms with van der Waals surface area (Å²) in [5, 5.41) is 4.41. The second kappa shape index (κ2) is 6.70. The third kappa shape index (κ3) is 3.51. The van der Waals surface area contributed by atoms with Gasteiger partial charge in [-0.05, 0) is 46.6 Å². The minimum atomic E-state index is 0.00917. The molecule has 7 heteroatoms. The molecule has 0 aliphatic carbocycles. The zero-order valence-electron chi connectivity index (χ0n) is 11.1. The normalized spacial score (nSPS) is 12.7. The molecule has 3 N–H and O–H groups in total. The Hall–Kier alpha value is -0.210. The van der Waals surface area contributed by atoms with Gasteiger partial charge in [0.25, 0.3) is 0 Å². The van der Waals surface area contributed by atoms with Gasteiger partial charge in [0.1, 0.15) is 0 Å². The first kappa shape index (κ1) is 16.2. The molecule has 4 nitrogen and oxygen atoms in total. The lowest BCUT2D eigenvalue weighted by atomic mass is 10.0. The van der Waals surface area contributed by atoms with E-state index in [0.717, 1.165) is 36.8 Å². The fourth-order valence-electron chi connectivity index (χ4n) is 2.14. The summed E-state index contributed by atoms with van der Waals surface area (Å²) in [6.07, 6.45) is 0.747. The Balaban J connectivity index is 2.33. The third-order valence-electron chi connectivity index (χ3n) is 3.15. The molecule has 0 amide bonds. The predicted molar refractivity (Wildman–Crippen MR) is 91.3 cm³/mol. The van der Waals surface area contributed by atoms with Gasteiger partial charge in [-0.3, -0.25) is 16.0 Å². The zero-order valence-corrected chi connectivity index (χ0v) is 15.9. The van der Waals surface area contributed by atoms with Gasteiger partial charge >= 0.3 is 0 Å². The fourth-order valence-corrected chi connectivity index (χ4v) is 3.97. The molecule has 0 spiro atoms. The monoisotopic (exact) mass is 464 g/mol. The first-order valence-corrected chi connectivity index (χ1v) is 8.40. The van der Waals surface area contributed by atoms with Gasteiger partial charge in [-0.2, -0.15) is 5.10 Å². The number of aromatic nitrogens is 2. The van der Waals surface area contributed by atoms with Crippen molar-refractivity contribution in [3.8, 4) is 0 Å². The first-order valence-electron chi connectivity index (χ1n) is 6.02. The van der Waals surface area contributed by atoms with Gasteiger partial charge in [0.05, 0.1) is 21.9 Å². The van der Waals surface area contributed by atoms with Gasteiger partial charge in [-0.15, -0.1) is 0 Å². The minimum Gasteiger partial charge on any atom is -0.271 e. The van der Waals surface area contributed by atoms with E-state index in [-0.39, 0.29) is 6.04 Å². The van der Waals surface area contributed by atoms with Crippen LogP contribution in [0.2, 0.25) is 0 Å². The Bertz CT molecular complexity index is 604. The van der Waals surface area contributed by atoms with Crippen molar-refractivity contribution in [1.82, 2.24) is 15.2 Å². The molecule has 0 saturated heterocycles. The summed E-state index contributed by atoms with van der Waals surface area (Å²) in [7, 11) is 1.94. The number of nitrogens with zero attached hydrogens (tertiary/aromatic N) is 2. The molecule has 108 valence electrons. The summed E-state index contributed by atoms with van der Waals surface area (Å²) in [5.74, 6) is 5.73. The average Bonchev–Trinajstić information content (AvgIpc) is 2.60. The van der Waals surface area contributed by atoms with Crippen molar-refractivity contribution in [2.75, 3.05) is 0 Å². The van der Waals surface area contributed by atoms with Crippen LogP contribution in [0.4, 0.5) is 0 Å². The number of nitrogens with one attached hydrogen (secondary N) is 1. The van der Waals surface area contributed by atoms with Gasteiger partial charge in [0.2, 0.25) is 0 Å². The van der Waals surface area contributed by atoms with E-state index >= 15 is 0 Å². The fraction of sp³-hybridized carbons (Fsp3) is 0.308. The van der Waals surface area contributed by atoms with Crippen LogP contribution in [-0.4, -0.2) is 9.78 Å². The quantitative estimate of drug-likeness (QED) is 0.533. The molecule has 1 heterocycles. The summed E-state index contributed by atoms with van der Waals surface area (Å²) >= 11 is 10.6. The highest BCUT2D eigenvalue weighted by atomic mass is 79.9. The predicted octanol–water partition coefficient (Wildman–Crippen LogP) is 3.76. The van der Waals surface area contributed by atoms with E-state index in [9.17, 15) is 0 Å². The summed E-state index contributed by atoms with van der Waals surface area (Å²) in [4.78, 5) is 0. The van der Waals surface area contributed by atoms with Crippen molar-refractivity contribution >= 4 is 47.8 Å². The Morgan fingerprint density at radius 3 is 2.30 bits per heavy atom. The van der Waals surface area contributed by atoms with Crippen molar-refractivity contribution in [1.29, 1.82) is 0 Å². The molecule has 0 aliphatic heterocycles. The van der Waals surface area contributed by atoms with Gasteiger partial charge in [0, 0.05) is 22.4 Å².